The van der Waals surface area contributed by atoms with E-state index in [2.05, 4.69) is 19.1 Å². The van der Waals surface area contributed by atoms with Crippen LogP contribution in [0.25, 0.3) is 0 Å². The lowest BCUT2D eigenvalue weighted by atomic mass is 10.1. The second-order valence-corrected chi connectivity index (χ2v) is 4.88. The van der Waals surface area contributed by atoms with Gasteiger partial charge >= 0.3 is 0 Å². The number of carbonyl (C=O) groups excluding carboxylic acids is 1. The first-order valence-corrected chi connectivity index (χ1v) is 7.16. The molecule has 0 saturated carbocycles. The minimum absolute atomic E-state index is 0.0790. The largest absolute Gasteiger partial charge is 0.494 e. The second-order valence-electron chi connectivity index (χ2n) is 4.88. The highest BCUT2D eigenvalue weighted by Crippen LogP contribution is 2.19. The highest BCUT2D eigenvalue weighted by molar-refractivity contribution is 5.95. The number of amides is 1. The fourth-order valence-corrected chi connectivity index (χ4v) is 2.29. The first-order valence-electron chi connectivity index (χ1n) is 7.16. The Hall–Kier alpha value is -1.81. The van der Waals surface area contributed by atoms with E-state index in [1.807, 2.05) is 29.2 Å². The Labute approximate surface area is 120 Å². The molecule has 0 bridgehead atoms. The Balaban J connectivity index is 1.97. The van der Waals surface area contributed by atoms with Crippen LogP contribution in [-0.4, -0.2) is 36.5 Å². The summed E-state index contributed by atoms with van der Waals surface area (Å²) in [5.41, 5.74) is 6.12. The van der Waals surface area contributed by atoms with E-state index >= 15 is 0 Å². The molecule has 0 saturated heterocycles. The van der Waals surface area contributed by atoms with E-state index in [0.717, 1.165) is 18.6 Å². The fraction of sp³-hybridized carbons (Fsp3) is 0.438. The van der Waals surface area contributed by atoms with Crippen LogP contribution in [0.3, 0.4) is 0 Å². The van der Waals surface area contributed by atoms with Crippen LogP contribution in [0.4, 0.5) is 0 Å². The van der Waals surface area contributed by atoms with E-state index in [4.69, 9.17) is 10.5 Å². The summed E-state index contributed by atoms with van der Waals surface area (Å²) in [4.78, 5) is 14.3. The van der Waals surface area contributed by atoms with Gasteiger partial charge in [-0.2, -0.15) is 0 Å². The van der Waals surface area contributed by atoms with Gasteiger partial charge in [0.25, 0.3) is 5.91 Å². The summed E-state index contributed by atoms with van der Waals surface area (Å²) in [5.74, 6) is 0.858. The average Bonchev–Trinajstić information content (AvgIpc) is 2.96. The summed E-state index contributed by atoms with van der Waals surface area (Å²) in [5, 5.41) is 0. The molecule has 1 aromatic carbocycles. The molecule has 1 amide bonds. The summed E-state index contributed by atoms with van der Waals surface area (Å²) in [7, 11) is 0. The predicted molar refractivity (Wildman–Crippen MR) is 79.9 cm³/mol. The lowest BCUT2D eigenvalue weighted by Gasteiger charge is -2.23. The van der Waals surface area contributed by atoms with Crippen molar-refractivity contribution in [3.8, 4) is 5.75 Å². The van der Waals surface area contributed by atoms with Gasteiger partial charge in [-0.05, 0) is 43.7 Å². The summed E-state index contributed by atoms with van der Waals surface area (Å²) >= 11 is 0. The molecule has 108 valence electrons. The summed E-state index contributed by atoms with van der Waals surface area (Å²) in [6.07, 6.45) is 5.93. The van der Waals surface area contributed by atoms with Crippen molar-refractivity contribution in [2.24, 2.45) is 5.73 Å². The zero-order valence-electron chi connectivity index (χ0n) is 11.9. The van der Waals surface area contributed by atoms with Gasteiger partial charge in [0, 0.05) is 12.1 Å². The van der Waals surface area contributed by atoms with Crippen molar-refractivity contribution in [1.82, 2.24) is 4.90 Å². The van der Waals surface area contributed by atoms with Gasteiger partial charge in [-0.15, -0.1) is 0 Å². The Kier molecular flexibility index (Phi) is 5.18. The highest BCUT2D eigenvalue weighted by Gasteiger charge is 2.24. The minimum atomic E-state index is 0.0790. The molecule has 1 heterocycles. The third-order valence-electron chi connectivity index (χ3n) is 3.46. The summed E-state index contributed by atoms with van der Waals surface area (Å²) in [6.45, 7) is 4.02. The molecule has 0 fully saturated rings. The molecule has 2 N–H and O–H groups in total. The van der Waals surface area contributed by atoms with Crippen molar-refractivity contribution in [2.75, 3.05) is 19.7 Å². The van der Waals surface area contributed by atoms with Crippen molar-refractivity contribution >= 4 is 5.91 Å². The molecule has 20 heavy (non-hydrogen) atoms. The van der Waals surface area contributed by atoms with Crippen LogP contribution in [0.5, 0.6) is 5.75 Å². The molecular weight excluding hydrogens is 252 g/mol. The highest BCUT2D eigenvalue weighted by atomic mass is 16.5. The van der Waals surface area contributed by atoms with E-state index in [-0.39, 0.29) is 11.9 Å². The Morgan fingerprint density at radius 2 is 2.15 bits per heavy atom. The predicted octanol–water partition coefficient (Wildman–Crippen LogP) is 2.20. The van der Waals surface area contributed by atoms with E-state index in [1.165, 1.54) is 0 Å². The van der Waals surface area contributed by atoms with Crippen LogP contribution in [0, 0.1) is 0 Å². The van der Waals surface area contributed by atoms with Crippen LogP contribution in [-0.2, 0) is 0 Å². The van der Waals surface area contributed by atoms with Gasteiger partial charge in [-0.3, -0.25) is 4.79 Å². The van der Waals surface area contributed by atoms with E-state index in [0.29, 0.717) is 25.3 Å². The Bertz CT molecular complexity index is 468. The summed E-state index contributed by atoms with van der Waals surface area (Å²) in [6, 6.07) is 7.56. The van der Waals surface area contributed by atoms with Crippen molar-refractivity contribution in [1.29, 1.82) is 0 Å². The van der Waals surface area contributed by atoms with Crippen molar-refractivity contribution in [3.63, 3.8) is 0 Å². The Morgan fingerprint density at radius 1 is 1.40 bits per heavy atom. The number of nitrogens with zero attached hydrogens (tertiary/aromatic N) is 1. The molecular formula is C16H22N2O2. The van der Waals surface area contributed by atoms with Gasteiger partial charge < -0.3 is 15.4 Å². The van der Waals surface area contributed by atoms with Crippen LogP contribution < -0.4 is 10.5 Å². The number of hydrogen-bond acceptors (Lipinski definition) is 3. The standard InChI is InChI=1S/C16H22N2O2/c1-2-14-5-3-11-18(14)16(19)13-6-8-15(9-7-13)20-12-4-10-17/h3,5-9,14H,2,4,10-12,17H2,1H3. The molecule has 4 heteroatoms. The maximum absolute atomic E-state index is 12.4. The van der Waals surface area contributed by atoms with Gasteiger partial charge in [0.15, 0.2) is 0 Å². The molecule has 1 atom stereocenters. The maximum Gasteiger partial charge on any atom is 0.254 e. The molecule has 1 aromatic rings. The van der Waals surface area contributed by atoms with Gasteiger partial charge in [0.1, 0.15) is 5.75 Å². The van der Waals surface area contributed by atoms with Crippen molar-refractivity contribution in [3.05, 3.63) is 42.0 Å². The number of rotatable bonds is 6. The topological polar surface area (TPSA) is 55.6 Å². The van der Waals surface area contributed by atoms with E-state index < -0.39 is 0 Å². The number of carbonyl (C=O) groups is 1. The minimum Gasteiger partial charge on any atom is -0.494 e. The molecule has 2 rings (SSSR count). The molecule has 1 unspecified atom stereocenters. The second kappa shape index (κ2) is 7.10. The lowest BCUT2D eigenvalue weighted by molar-refractivity contribution is 0.0747. The number of benzene rings is 1. The first kappa shape index (κ1) is 14.6. The van der Waals surface area contributed by atoms with Gasteiger partial charge in [-0.1, -0.05) is 19.1 Å². The number of ether oxygens (including phenoxy) is 1. The average molecular weight is 274 g/mol. The van der Waals surface area contributed by atoms with Crippen LogP contribution in [0.1, 0.15) is 30.1 Å². The smallest absolute Gasteiger partial charge is 0.254 e. The molecule has 0 radical (unpaired) electrons. The molecule has 0 aliphatic carbocycles. The molecule has 0 spiro atoms. The molecule has 1 aliphatic heterocycles. The normalized spacial score (nSPS) is 17.5. The molecule has 4 nitrogen and oxygen atoms in total. The Morgan fingerprint density at radius 3 is 2.80 bits per heavy atom. The van der Waals surface area contributed by atoms with Crippen LogP contribution in [0.15, 0.2) is 36.4 Å². The van der Waals surface area contributed by atoms with Crippen molar-refractivity contribution < 1.29 is 9.53 Å². The quantitative estimate of drug-likeness (QED) is 0.639. The first-order chi connectivity index (χ1) is 9.76. The zero-order valence-corrected chi connectivity index (χ0v) is 11.9. The van der Waals surface area contributed by atoms with Crippen LogP contribution >= 0.6 is 0 Å². The van der Waals surface area contributed by atoms with Crippen molar-refractivity contribution in [2.45, 2.75) is 25.8 Å². The monoisotopic (exact) mass is 274 g/mol. The fourth-order valence-electron chi connectivity index (χ4n) is 2.29. The lowest BCUT2D eigenvalue weighted by Crippen LogP contribution is -2.35. The van der Waals surface area contributed by atoms with Gasteiger partial charge in [-0.25, -0.2) is 0 Å². The van der Waals surface area contributed by atoms with E-state index in [9.17, 15) is 4.79 Å². The van der Waals surface area contributed by atoms with Crippen LogP contribution in [0.2, 0.25) is 0 Å². The molecule has 1 aliphatic rings. The third kappa shape index (κ3) is 3.39. The number of nitrogens with two attached hydrogens (primary N) is 1. The van der Waals surface area contributed by atoms with E-state index in [1.54, 1.807) is 0 Å². The number of hydrogen-bond donors (Lipinski definition) is 1. The summed E-state index contributed by atoms with van der Waals surface area (Å²) < 4.78 is 5.53. The van der Waals surface area contributed by atoms with Gasteiger partial charge in [0.2, 0.25) is 0 Å². The molecule has 0 aromatic heterocycles. The maximum atomic E-state index is 12.4. The SMILES string of the molecule is CCC1C=CCN1C(=O)c1ccc(OCCCN)cc1. The zero-order chi connectivity index (χ0) is 14.4. The van der Waals surface area contributed by atoms with Gasteiger partial charge in [0.05, 0.1) is 12.6 Å². The third-order valence-corrected chi connectivity index (χ3v) is 3.46.